The van der Waals surface area contributed by atoms with Crippen LogP contribution < -0.4 is 0 Å². The summed E-state index contributed by atoms with van der Waals surface area (Å²) in [4.78, 5) is 16.6. The van der Waals surface area contributed by atoms with E-state index in [1.54, 1.807) is 0 Å². The number of morpholine rings is 1. The Kier molecular flexibility index (Phi) is 6.99. The Hall–Kier alpha value is -1.51. The van der Waals surface area contributed by atoms with Crippen LogP contribution in [-0.4, -0.2) is 83.1 Å². The maximum atomic E-state index is 12.3. The van der Waals surface area contributed by atoms with E-state index in [0.717, 1.165) is 70.3 Å². The van der Waals surface area contributed by atoms with Crippen LogP contribution in [0.25, 0.3) is 0 Å². The molecule has 3 heterocycles. The molecular weight excluding hydrogens is 334 g/mol. The van der Waals surface area contributed by atoms with E-state index < -0.39 is 0 Å². The van der Waals surface area contributed by atoms with Crippen LogP contribution in [0.5, 0.6) is 0 Å². The van der Waals surface area contributed by atoms with Gasteiger partial charge in [-0.3, -0.25) is 9.69 Å². The fraction of sp³-hybridized carbons (Fsp3) is 0.833. The molecule has 0 N–H and O–H groups in total. The topological polar surface area (TPSA) is 72.7 Å². The van der Waals surface area contributed by atoms with Crippen LogP contribution in [0.1, 0.15) is 43.8 Å². The Morgan fingerprint density at radius 2 is 2.08 bits per heavy atom. The van der Waals surface area contributed by atoms with Crippen LogP contribution in [0.2, 0.25) is 0 Å². The van der Waals surface area contributed by atoms with E-state index >= 15 is 0 Å². The van der Waals surface area contributed by atoms with Gasteiger partial charge in [0.2, 0.25) is 5.91 Å². The minimum absolute atomic E-state index is 0.0823. The highest BCUT2D eigenvalue weighted by molar-refractivity contribution is 5.77. The summed E-state index contributed by atoms with van der Waals surface area (Å²) in [6, 6.07) is 0. The molecule has 1 amide bonds. The Morgan fingerprint density at radius 3 is 2.85 bits per heavy atom. The second kappa shape index (κ2) is 9.43. The number of rotatable bonds is 7. The summed E-state index contributed by atoms with van der Waals surface area (Å²) in [7, 11) is 2.04. The third-order valence-electron chi connectivity index (χ3n) is 5.18. The van der Waals surface area contributed by atoms with Crippen molar-refractivity contribution in [2.24, 2.45) is 7.05 Å². The number of carbonyl (C=O) groups is 1. The molecule has 2 aliphatic rings. The van der Waals surface area contributed by atoms with Gasteiger partial charge in [0, 0.05) is 45.8 Å². The zero-order valence-electron chi connectivity index (χ0n) is 16.0. The van der Waals surface area contributed by atoms with E-state index in [1.807, 2.05) is 18.9 Å². The molecule has 0 bridgehead atoms. The number of likely N-dealkylation sites (tertiary alicyclic amines) is 1. The molecule has 2 aliphatic heterocycles. The average Bonchev–Trinajstić information content (AvgIpc) is 3.03. The van der Waals surface area contributed by atoms with Gasteiger partial charge in [0.15, 0.2) is 0 Å². The zero-order chi connectivity index (χ0) is 18.4. The summed E-state index contributed by atoms with van der Waals surface area (Å²) < 4.78 is 12.9. The van der Waals surface area contributed by atoms with Crippen molar-refractivity contribution in [3.05, 3.63) is 11.6 Å². The first-order valence-electron chi connectivity index (χ1n) is 9.72. The smallest absolute Gasteiger partial charge is 0.248 e. The van der Waals surface area contributed by atoms with Gasteiger partial charge >= 0.3 is 0 Å². The lowest BCUT2D eigenvalue weighted by molar-refractivity contribution is -0.137. The maximum absolute atomic E-state index is 12.3. The van der Waals surface area contributed by atoms with Gasteiger partial charge in [0.1, 0.15) is 18.3 Å². The van der Waals surface area contributed by atoms with Gasteiger partial charge in [0.25, 0.3) is 0 Å². The summed E-state index contributed by atoms with van der Waals surface area (Å²) in [6.45, 7) is 8.61. The van der Waals surface area contributed by atoms with E-state index in [-0.39, 0.29) is 18.4 Å². The molecule has 0 aliphatic carbocycles. The lowest BCUT2D eigenvalue weighted by Gasteiger charge is -2.32. The monoisotopic (exact) mass is 365 g/mol. The molecule has 0 saturated carbocycles. The predicted molar refractivity (Wildman–Crippen MR) is 96.8 cm³/mol. The number of carbonyl (C=O) groups excluding carboxylic acids is 1. The molecule has 8 heteroatoms. The second-order valence-corrected chi connectivity index (χ2v) is 7.15. The molecule has 8 nitrogen and oxygen atoms in total. The maximum Gasteiger partial charge on any atom is 0.248 e. The number of hydrogen-bond acceptors (Lipinski definition) is 6. The minimum Gasteiger partial charge on any atom is -0.379 e. The molecule has 3 rings (SSSR count). The number of nitrogens with zero attached hydrogens (tertiary/aromatic N) is 5. The van der Waals surface area contributed by atoms with Gasteiger partial charge in [0.05, 0.1) is 19.8 Å². The number of piperidine rings is 1. The Balaban J connectivity index is 1.58. The molecule has 26 heavy (non-hydrogen) atoms. The van der Waals surface area contributed by atoms with Crippen LogP contribution >= 0.6 is 0 Å². The van der Waals surface area contributed by atoms with Gasteiger partial charge < -0.3 is 18.9 Å². The molecule has 0 aromatic carbocycles. The van der Waals surface area contributed by atoms with E-state index in [1.165, 1.54) is 0 Å². The van der Waals surface area contributed by atoms with Crippen LogP contribution in [0.3, 0.4) is 0 Å². The fourth-order valence-corrected chi connectivity index (χ4v) is 3.64. The molecule has 0 radical (unpaired) electrons. The summed E-state index contributed by atoms with van der Waals surface area (Å²) in [5, 5.41) is 8.88. The van der Waals surface area contributed by atoms with Gasteiger partial charge in [-0.1, -0.05) is 6.92 Å². The lowest BCUT2D eigenvalue weighted by Crippen LogP contribution is -2.41. The van der Waals surface area contributed by atoms with Crippen molar-refractivity contribution in [2.45, 2.75) is 38.6 Å². The van der Waals surface area contributed by atoms with E-state index in [9.17, 15) is 4.79 Å². The summed E-state index contributed by atoms with van der Waals surface area (Å²) in [5.74, 6) is 2.30. The number of ether oxygens (including phenoxy) is 2. The second-order valence-electron chi connectivity index (χ2n) is 7.15. The van der Waals surface area contributed by atoms with Crippen molar-refractivity contribution < 1.29 is 14.3 Å². The van der Waals surface area contributed by atoms with E-state index in [4.69, 9.17) is 9.47 Å². The predicted octanol–water partition coefficient (Wildman–Crippen LogP) is 0.780. The van der Waals surface area contributed by atoms with Crippen LogP contribution in [0, 0.1) is 0 Å². The fourth-order valence-electron chi connectivity index (χ4n) is 3.64. The highest BCUT2D eigenvalue weighted by atomic mass is 16.5. The van der Waals surface area contributed by atoms with Crippen molar-refractivity contribution in [1.82, 2.24) is 24.6 Å². The molecule has 146 valence electrons. The normalized spacial score (nSPS) is 21.9. The van der Waals surface area contributed by atoms with E-state index in [0.29, 0.717) is 13.2 Å². The summed E-state index contributed by atoms with van der Waals surface area (Å²) >= 11 is 0. The third-order valence-corrected chi connectivity index (χ3v) is 5.18. The first-order valence-corrected chi connectivity index (χ1v) is 9.72. The van der Waals surface area contributed by atoms with Crippen LogP contribution in [0.15, 0.2) is 0 Å². The lowest BCUT2D eigenvalue weighted by atomic mass is 9.97. The zero-order valence-corrected chi connectivity index (χ0v) is 16.0. The Bertz CT molecular complexity index is 585. The first-order chi connectivity index (χ1) is 12.7. The molecule has 1 aromatic heterocycles. The number of amides is 1. The molecule has 1 aromatic rings. The van der Waals surface area contributed by atoms with Crippen molar-refractivity contribution >= 4 is 5.91 Å². The minimum atomic E-state index is 0.0823. The highest BCUT2D eigenvalue weighted by Gasteiger charge is 2.28. The molecule has 0 unspecified atom stereocenters. The molecule has 0 spiro atoms. The van der Waals surface area contributed by atoms with Crippen LogP contribution in [0.4, 0.5) is 0 Å². The molecule has 2 fully saturated rings. The average molecular weight is 365 g/mol. The van der Waals surface area contributed by atoms with Gasteiger partial charge in [-0.25, -0.2) is 0 Å². The summed E-state index contributed by atoms with van der Waals surface area (Å²) in [6.07, 6.45) is 2.97. The molecule has 2 saturated heterocycles. The van der Waals surface area contributed by atoms with Crippen molar-refractivity contribution in [3.63, 3.8) is 0 Å². The largest absolute Gasteiger partial charge is 0.379 e. The van der Waals surface area contributed by atoms with Gasteiger partial charge in [-0.05, 0) is 19.3 Å². The third kappa shape index (κ3) is 4.81. The van der Waals surface area contributed by atoms with Crippen LogP contribution in [-0.2, 0) is 27.9 Å². The van der Waals surface area contributed by atoms with Gasteiger partial charge in [-0.2, -0.15) is 0 Å². The van der Waals surface area contributed by atoms with Crippen molar-refractivity contribution in [2.75, 3.05) is 52.6 Å². The first kappa shape index (κ1) is 19.3. The van der Waals surface area contributed by atoms with Crippen molar-refractivity contribution in [1.29, 1.82) is 0 Å². The quantitative estimate of drug-likeness (QED) is 0.665. The van der Waals surface area contributed by atoms with E-state index in [2.05, 4.69) is 19.7 Å². The Morgan fingerprint density at radius 1 is 1.27 bits per heavy atom. The highest BCUT2D eigenvalue weighted by Crippen LogP contribution is 2.26. The number of aromatic nitrogens is 3. The van der Waals surface area contributed by atoms with Gasteiger partial charge in [-0.15, -0.1) is 10.2 Å². The molecule has 1 atom stereocenters. The number of hydrogen-bond donors (Lipinski definition) is 0. The molecular formula is C18H31N5O3. The SMILES string of the molecule is CCCOCC(=O)N1CCC[C@H](c2nnc(CN3CCOCC3)n2C)C1. The summed E-state index contributed by atoms with van der Waals surface area (Å²) in [5.41, 5.74) is 0. The standard InChI is InChI=1S/C18H31N5O3/c1-3-9-26-14-17(24)23-6-4-5-15(12-23)18-20-19-16(21(18)2)13-22-7-10-25-11-8-22/h15H,3-14H2,1-2H3/t15-/m0/s1. The van der Waals surface area contributed by atoms with Crippen molar-refractivity contribution in [3.8, 4) is 0 Å². The Labute approximate surface area is 155 Å².